The van der Waals surface area contributed by atoms with Crippen LogP contribution in [0, 0.1) is 0 Å². The van der Waals surface area contributed by atoms with Crippen LogP contribution in [0.2, 0.25) is 0 Å². The maximum Gasteiger partial charge on any atom is 0.102 e. The molecule has 0 aromatic rings. The van der Waals surface area contributed by atoms with Crippen LogP contribution in [0.1, 0.15) is 33.1 Å². The number of aliphatic hydroxyl groups is 2. The molecule has 2 unspecified atom stereocenters. The molecule has 0 bridgehead atoms. The zero-order chi connectivity index (χ0) is 10.1. The minimum Gasteiger partial charge on any atom is -0.379 e. The molecule has 0 saturated carbocycles. The summed E-state index contributed by atoms with van der Waals surface area (Å²) in [4.78, 5) is 0. The van der Waals surface area contributed by atoms with Crippen molar-refractivity contribution in [3.63, 3.8) is 0 Å². The van der Waals surface area contributed by atoms with E-state index in [4.69, 9.17) is 10.2 Å². The first kappa shape index (κ1) is 12.8. The third-order valence-corrected chi connectivity index (χ3v) is 1.73. The van der Waals surface area contributed by atoms with Crippen LogP contribution in [0.15, 0.2) is 0 Å². The van der Waals surface area contributed by atoms with E-state index in [0.717, 1.165) is 32.4 Å². The Kier molecular flexibility index (Phi) is 8.33. The molecule has 0 aliphatic heterocycles. The lowest BCUT2D eigenvalue weighted by molar-refractivity contribution is 0.153. The summed E-state index contributed by atoms with van der Waals surface area (Å²) >= 11 is 0. The molecule has 4 N–H and O–H groups in total. The fourth-order valence-electron chi connectivity index (χ4n) is 1.05. The first-order chi connectivity index (χ1) is 6.13. The van der Waals surface area contributed by atoms with Crippen molar-refractivity contribution in [3.05, 3.63) is 0 Å². The lowest BCUT2D eigenvalue weighted by Gasteiger charge is -2.08. The van der Waals surface area contributed by atoms with E-state index in [9.17, 15) is 0 Å². The van der Waals surface area contributed by atoms with Crippen molar-refractivity contribution in [1.29, 1.82) is 0 Å². The smallest absolute Gasteiger partial charge is 0.102 e. The Bertz CT molecular complexity index is 95.8. The third kappa shape index (κ3) is 11.8. The third-order valence-electron chi connectivity index (χ3n) is 1.73. The summed E-state index contributed by atoms with van der Waals surface area (Å²) in [6, 6.07) is 0. The molecular weight excluding hydrogens is 168 g/mol. The van der Waals surface area contributed by atoms with E-state index in [1.807, 2.05) is 0 Å². The maximum atomic E-state index is 8.87. The molecule has 4 nitrogen and oxygen atoms in total. The Morgan fingerprint density at radius 3 is 1.54 bits per heavy atom. The number of hydrogen-bond acceptors (Lipinski definition) is 4. The van der Waals surface area contributed by atoms with E-state index in [0.29, 0.717) is 0 Å². The van der Waals surface area contributed by atoms with Crippen LogP contribution in [-0.2, 0) is 0 Å². The molecule has 0 heterocycles. The second kappa shape index (κ2) is 8.44. The average Bonchev–Trinajstić information content (AvgIpc) is 2.01. The maximum absolute atomic E-state index is 8.87. The zero-order valence-electron chi connectivity index (χ0n) is 8.58. The molecule has 0 saturated heterocycles. The van der Waals surface area contributed by atoms with Crippen LogP contribution in [-0.4, -0.2) is 35.8 Å². The van der Waals surface area contributed by atoms with Crippen molar-refractivity contribution in [2.24, 2.45) is 0 Å². The second-order valence-electron chi connectivity index (χ2n) is 3.32. The van der Waals surface area contributed by atoms with Crippen LogP contribution in [0.4, 0.5) is 0 Å². The fourth-order valence-corrected chi connectivity index (χ4v) is 1.05. The monoisotopic (exact) mass is 190 g/mol. The molecule has 2 atom stereocenters. The molecule has 0 rings (SSSR count). The summed E-state index contributed by atoms with van der Waals surface area (Å²) in [5.41, 5.74) is 0. The van der Waals surface area contributed by atoms with E-state index >= 15 is 0 Å². The highest BCUT2D eigenvalue weighted by Crippen LogP contribution is 1.93. The van der Waals surface area contributed by atoms with Crippen molar-refractivity contribution < 1.29 is 10.2 Å². The molecule has 0 radical (unpaired) electrons. The molecule has 0 amide bonds. The van der Waals surface area contributed by atoms with Gasteiger partial charge in [-0.2, -0.15) is 0 Å². The summed E-state index contributed by atoms with van der Waals surface area (Å²) in [6.45, 7) is 5.14. The van der Waals surface area contributed by atoms with Gasteiger partial charge in [0.15, 0.2) is 0 Å². The Hall–Kier alpha value is -0.160. The van der Waals surface area contributed by atoms with Crippen molar-refractivity contribution in [1.82, 2.24) is 10.6 Å². The second-order valence-corrected chi connectivity index (χ2v) is 3.32. The van der Waals surface area contributed by atoms with Crippen molar-refractivity contribution in [3.8, 4) is 0 Å². The van der Waals surface area contributed by atoms with Gasteiger partial charge in [-0.1, -0.05) is 6.42 Å². The zero-order valence-corrected chi connectivity index (χ0v) is 8.58. The topological polar surface area (TPSA) is 64.5 Å². The molecule has 0 spiro atoms. The van der Waals surface area contributed by atoms with Crippen LogP contribution >= 0.6 is 0 Å². The molecule has 4 heteroatoms. The molecule has 0 aliphatic rings. The SMILES string of the molecule is CC(O)NCCCCCNC(C)O. The van der Waals surface area contributed by atoms with Crippen molar-refractivity contribution in [2.45, 2.75) is 45.6 Å². The summed E-state index contributed by atoms with van der Waals surface area (Å²) < 4.78 is 0. The van der Waals surface area contributed by atoms with Crippen LogP contribution in [0.5, 0.6) is 0 Å². The number of hydrogen-bond donors (Lipinski definition) is 4. The van der Waals surface area contributed by atoms with Gasteiger partial charge >= 0.3 is 0 Å². The Morgan fingerprint density at radius 2 is 1.23 bits per heavy atom. The molecule has 0 aromatic carbocycles. The number of rotatable bonds is 8. The quantitative estimate of drug-likeness (QED) is 0.322. The Morgan fingerprint density at radius 1 is 0.846 bits per heavy atom. The van der Waals surface area contributed by atoms with Gasteiger partial charge in [0, 0.05) is 0 Å². The predicted molar refractivity (Wildman–Crippen MR) is 53.2 cm³/mol. The highest BCUT2D eigenvalue weighted by molar-refractivity contribution is 4.51. The van der Waals surface area contributed by atoms with Gasteiger partial charge in [0.05, 0.1) is 0 Å². The largest absolute Gasteiger partial charge is 0.379 e. The molecule has 80 valence electrons. The number of nitrogens with one attached hydrogen (secondary N) is 2. The molecular formula is C9H22N2O2. The molecule has 0 fully saturated rings. The van der Waals surface area contributed by atoms with E-state index in [1.165, 1.54) is 0 Å². The highest BCUT2D eigenvalue weighted by Gasteiger charge is 1.94. The standard InChI is InChI=1S/C9H22N2O2/c1-8(12)10-6-4-3-5-7-11-9(2)13/h8-13H,3-7H2,1-2H3. The predicted octanol–water partition coefficient (Wildman–Crippen LogP) is 0.0125. The van der Waals surface area contributed by atoms with Gasteiger partial charge in [-0.15, -0.1) is 0 Å². The normalized spacial score (nSPS) is 15.7. The van der Waals surface area contributed by atoms with Gasteiger partial charge in [0.1, 0.15) is 12.5 Å². The van der Waals surface area contributed by atoms with Crippen LogP contribution < -0.4 is 10.6 Å². The van der Waals surface area contributed by atoms with E-state index in [1.54, 1.807) is 13.8 Å². The fraction of sp³-hybridized carbons (Fsp3) is 1.00. The van der Waals surface area contributed by atoms with E-state index < -0.39 is 12.5 Å². The highest BCUT2D eigenvalue weighted by atomic mass is 16.3. The van der Waals surface area contributed by atoms with E-state index in [-0.39, 0.29) is 0 Å². The molecule has 0 aliphatic carbocycles. The number of aliphatic hydroxyl groups excluding tert-OH is 2. The summed E-state index contributed by atoms with van der Waals surface area (Å²) in [5, 5.41) is 23.6. The van der Waals surface area contributed by atoms with Gasteiger partial charge in [-0.05, 0) is 39.8 Å². The minimum atomic E-state index is -0.407. The lowest BCUT2D eigenvalue weighted by atomic mass is 10.2. The summed E-state index contributed by atoms with van der Waals surface area (Å²) in [5.74, 6) is 0. The Labute approximate surface area is 80.3 Å². The van der Waals surface area contributed by atoms with Crippen LogP contribution in [0.3, 0.4) is 0 Å². The number of unbranched alkanes of at least 4 members (excludes halogenated alkanes) is 2. The van der Waals surface area contributed by atoms with Gasteiger partial charge in [0.25, 0.3) is 0 Å². The molecule has 0 aromatic heterocycles. The van der Waals surface area contributed by atoms with Crippen molar-refractivity contribution >= 4 is 0 Å². The van der Waals surface area contributed by atoms with Gasteiger partial charge < -0.3 is 10.2 Å². The van der Waals surface area contributed by atoms with Gasteiger partial charge in [0.2, 0.25) is 0 Å². The van der Waals surface area contributed by atoms with E-state index in [2.05, 4.69) is 10.6 Å². The van der Waals surface area contributed by atoms with Crippen LogP contribution in [0.25, 0.3) is 0 Å². The lowest BCUT2D eigenvalue weighted by Crippen LogP contribution is -2.27. The molecule has 13 heavy (non-hydrogen) atoms. The minimum absolute atomic E-state index is 0.407. The summed E-state index contributed by atoms with van der Waals surface area (Å²) in [7, 11) is 0. The average molecular weight is 190 g/mol. The first-order valence-corrected chi connectivity index (χ1v) is 4.96. The van der Waals surface area contributed by atoms with Crippen molar-refractivity contribution in [2.75, 3.05) is 13.1 Å². The first-order valence-electron chi connectivity index (χ1n) is 4.96. The van der Waals surface area contributed by atoms with Gasteiger partial charge in [-0.25, -0.2) is 0 Å². The Balaban J connectivity index is 2.92. The summed E-state index contributed by atoms with van der Waals surface area (Å²) in [6.07, 6.45) is 2.42. The van der Waals surface area contributed by atoms with Gasteiger partial charge in [-0.3, -0.25) is 10.6 Å².